The van der Waals surface area contributed by atoms with Crippen LogP contribution in [0.3, 0.4) is 0 Å². The number of ether oxygens (including phenoxy) is 1. The Labute approximate surface area is 121 Å². The fourth-order valence-electron chi connectivity index (χ4n) is 2.67. The Balaban J connectivity index is 2.25. The minimum atomic E-state index is -4.37. The molecule has 109 valence electrons. The Kier molecular flexibility index (Phi) is 3.19. The van der Waals surface area contributed by atoms with E-state index in [0.29, 0.717) is 23.3 Å². The van der Waals surface area contributed by atoms with Gasteiger partial charge in [0.1, 0.15) is 11.9 Å². The number of fused-ring (bicyclic) bond motifs is 1. The predicted molar refractivity (Wildman–Crippen MR) is 75.1 cm³/mol. The summed E-state index contributed by atoms with van der Waals surface area (Å²) in [4.78, 5) is 0. The fraction of sp³-hybridized carbons (Fsp3) is 0.235. The number of hydrogen-bond donors (Lipinski definition) is 0. The van der Waals surface area contributed by atoms with E-state index >= 15 is 0 Å². The van der Waals surface area contributed by atoms with Crippen LogP contribution in [-0.4, -0.2) is 6.10 Å². The number of hydrogen-bond acceptors (Lipinski definition) is 1. The number of alkyl halides is 3. The molecule has 0 amide bonds. The number of benzene rings is 2. The van der Waals surface area contributed by atoms with Gasteiger partial charge in [-0.15, -0.1) is 0 Å². The molecule has 1 atom stereocenters. The summed E-state index contributed by atoms with van der Waals surface area (Å²) in [6, 6.07) is 9.69. The molecular weight excluding hydrogens is 277 g/mol. The summed E-state index contributed by atoms with van der Waals surface area (Å²) in [5, 5.41) is 0. The average Bonchev–Trinajstić information content (AvgIpc) is 2.77. The molecule has 0 spiro atoms. The lowest BCUT2D eigenvalue weighted by Crippen LogP contribution is -2.06. The van der Waals surface area contributed by atoms with E-state index in [0.717, 1.165) is 11.1 Å². The highest BCUT2D eigenvalue weighted by molar-refractivity contribution is 5.76. The van der Waals surface area contributed by atoms with Crippen LogP contribution in [-0.2, 0) is 12.6 Å². The molecule has 0 saturated carbocycles. The Morgan fingerprint density at radius 2 is 1.86 bits per heavy atom. The first-order chi connectivity index (χ1) is 9.86. The first-order valence-corrected chi connectivity index (χ1v) is 6.66. The van der Waals surface area contributed by atoms with Gasteiger partial charge in [0.05, 0.1) is 5.56 Å². The molecule has 1 radical (unpaired) electrons. The first kappa shape index (κ1) is 14.0. The van der Waals surface area contributed by atoms with E-state index in [9.17, 15) is 13.2 Å². The molecule has 21 heavy (non-hydrogen) atoms. The fourth-order valence-corrected chi connectivity index (χ4v) is 2.67. The molecule has 1 aliphatic rings. The normalized spacial score (nSPS) is 17.5. The third kappa shape index (κ3) is 2.50. The highest BCUT2D eigenvalue weighted by Gasteiger charge is 2.34. The van der Waals surface area contributed by atoms with Crippen LogP contribution in [0.15, 0.2) is 36.4 Å². The monoisotopic (exact) mass is 291 g/mol. The van der Waals surface area contributed by atoms with E-state index in [1.807, 2.05) is 31.2 Å². The molecule has 2 aromatic rings. The lowest BCUT2D eigenvalue weighted by molar-refractivity contribution is -0.137. The van der Waals surface area contributed by atoms with Crippen LogP contribution in [0.25, 0.3) is 11.1 Å². The maximum atomic E-state index is 13.1. The second-order valence-electron chi connectivity index (χ2n) is 5.27. The van der Waals surface area contributed by atoms with Crippen molar-refractivity contribution >= 4 is 0 Å². The Hall–Kier alpha value is -1.97. The predicted octanol–water partition coefficient (Wildman–Crippen LogP) is 4.82. The molecule has 1 nitrogen and oxygen atoms in total. The van der Waals surface area contributed by atoms with Crippen LogP contribution >= 0.6 is 0 Å². The van der Waals surface area contributed by atoms with E-state index < -0.39 is 11.7 Å². The van der Waals surface area contributed by atoms with Gasteiger partial charge in [-0.3, -0.25) is 0 Å². The average molecular weight is 291 g/mol. The molecule has 1 heterocycles. The van der Waals surface area contributed by atoms with Crippen molar-refractivity contribution in [2.75, 3.05) is 0 Å². The maximum Gasteiger partial charge on any atom is 0.416 e. The highest BCUT2D eigenvalue weighted by atomic mass is 19.4. The van der Waals surface area contributed by atoms with Crippen LogP contribution in [0.1, 0.15) is 16.7 Å². The zero-order chi connectivity index (χ0) is 15.2. The van der Waals surface area contributed by atoms with E-state index in [4.69, 9.17) is 4.74 Å². The van der Waals surface area contributed by atoms with Gasteiger partial charge in [-0.05, 0) is 42.7 Å². The highest BCUT2D eigenvalue weighted by Crippen LogP contribution is 2.44. The van der Waals surface area contributed by atoms with Crippen molar-refractivity contribution in [3.05, 3.63) is 60.0 Å². The Bertz CT molecular complexity index is 689. The van der Waals surface area contributed by atoms with Gasteiger partial charge in [0.15, 0.2) is 0 Å². The van der Waals surface area contributed by atoms with Gasteiger partial charge in [0.25, 0.3) is 0 Å². The molecule has 0 bridgehead atoms. The quantitative estimate of drug-likeness (QED) is 0.732. The minimum absolute atomic E-state index is 0.341. The molecular formula is C17H14F3O. The van der Waals surface area contributed by atoms with Crippen molar-refractivity contribution in [2.45, 2.75) is 25.6 Å². The second kappa shape index (κ2) is 4.79. The van der Waals surface area contributed by atoms with Crippen LogP contribution in [0.5, 0.6) is 5.75 Å². The largest absolute Gasteiger partial charge is 0.489 e. The lowest BCUT2D eigenvalue weighted by atomic mass is 9.94. The zero-order valence-corrected chi connectivity index (χ0v) is 11.5. The SMILES string of the molecule is [CH2]C1Cc2cc(C(F)(F)F)cc(-c3ccccc3C)c2O1. The maximum absolute atomic E-state index is 13.1. The van der Waals surface area contributed by atoms with Crippen LogP contribution < -0.4 is 4.74 Å². The summed E-state index contributed by atoms with van der Waals surface area (Å²) >= 11 is 0. The van der Waals surface area contributed by atoms with Gasteiger partial charge in [-0.25, -0.2) is 0 Å². The number of aryl methyl sites for hydroxylation is 1. The molecule has 0 aliphatic carbocycles. The topological polar surface area (TPSA) is 9.23 Å². The van der Waals surface area contributed by atoms with Crippen molar-refractivity contribution in [2.24, 2.45) is 0 Å². The Morgan fingerprint density at radius 3 is 2.52 bits per heavy atom. The van der Waals surface area contributed by atoms with Crippen molar-refractivity contribution in [3.63, 3.8) is 0 Å². The molecule has 3 rings (SSSR count). The molecule has 0 saturated heterocycles. The van der Waals surface area contributed by atoms with Crippen LogP contribution in [0.2, 0.25) is 0 Å². The van der Waals surface area contributed by atoms with E-state index in [-0.39, 0.29) is 6.10 Å². The first-order valence-electron chi connectivity index (χ1n) is 6.66. The summed E-state index contributed by atoms with van der Waals surface area (Å²) < 4.78 is 44.9. The molecule has 1 aliphatic heterocycles. The summed E-state index contributed by atoms with van der Waals surface area (Å²) in [7, 11) is 0. The molecule has 0 N–H and O–H groups in total. The van der Waals surface area contributed by atoms with Crippen LogP contribution in [0.4, 0.5) is 13.2 Å². The van der Waals surface area contributed by atoms with Gasteiger partial charge in [-0.1, -0.05) is 24.3 Å². The zero-order valence-electron chi connectivity index (χ0n) is 11.5. The van der Waals surface area contributed by atoms with E-state index in [1.165, 1.54) is 12.1 Å². The van der Waals surface area contributed by atoms with Crippen molar-refractivity contribution in [1.82, 2.24) is 0 Å². The molecule has 4 heteroatoms. The molecule has 1 unspecified atom stereocenters. The second-order valence-corrected chi connectivity index (χ2v) is 5.27. The molecule has 0 fully saturated rings. The lowest BCUT2D eigenvalue weighted by Gasteiger charge is -2.15. The summed E-state index contributed by atoms with van der Waals surface area (Å²) in [5.74, 6) is 0.525. The third-order valence-electron chi connectivity index (χ3n) is 3.66. The van der Waals surface area contributed by atoms with Gasteiger partial charge in [0, 0.05) is 12.0 Å². The van der Waals surface area contributed by atoms with Crippen molar-refractivity contribution in [1.29, 1.82) is 0 Å². The van der Waals surface area contributed by atoms with Gasteiger partial charge in [0.2, 0.25) is 0 Å². The van der Waals surface area contributed by atoms with E-state index in [2.05, 4.69) is 6.92 Å². The standard InChI is InChI=1S/C17H14F3O/c1-10-5-3-4-6-14(10)15-9-13(17(18,19)20)8-12-7-11(2)21-16(12)15/h3-6,8-9,11H,2,7H2,1H3. The summed E-state index contributed by atoms with van der Waals surface area (Å²) in [5.41, 5.74) is 2.09. The minimum Gasteiger partial charge on any atom is -0.489 e. The number of rotatable bonds is 1. The molecule has 0 aromatic heterocycles. The van der Waals surface area contributed by atoms with Gasteiger partial charge >= 0.3 is 6.18 Å². The van der Waals surface area contributed by atoms with Gasteiger partial charge in [-0.2, -0.15) is 13.2 Å². The number of halogens is 3. The third-order valence-corrected chi connectivity index (χ3v) is 3.66. The summed E-state index contributed by atoms with van der Waals surface area (Å²) in [6.45, 7) is 5.67. The Morgan fingerprint density at radius 1 is 1.14 bits per heavy atom. The van der Waals surface area contributed by atoms with Crippen molar-refractivity contribution < 1.29 is 17.9 Å². The molecule has 2 aromatic carbocycles. The van der Waals surface area contributed by atoms with Crippen LogP contribution in [0, 0.1) is 13.8 Å². The van der Waals surface area contributed by atoms with E-state index in [1.54, 1.807) is 0 Å². The smallest absolute Gasteiger partial charge is 0.416 e. The summed E-state index contributed by atoms with van der Waals surface area (Å²) in [6.07, 6.45) is -4.31. The van der Waals surface area contributed by atoms with Gasteiger partial charge < -0.3 is 4.74 Å². The van der Waals surface area contributed by atoms with Crippen molar-refractivity contribution in [3.8, 4) is 16.9 Å².